The van der Waals surface area contributed by atoms with Crippen LogP contribution in [-0.4, -0.2) is 31.1 Å². The van der Waals surface area contributed by atoms with Crippen molar-refractivity contribution in [1.29, 1.82) is 0 Å². The number of nitrogens with zero attached hydrogens (tertiary/aromatic N) is 1. The fraction of sp³-hybridized carbons (Fsp3) is 0.545. The molecule has 16 heavy (non-hydrogen) atoms. The van der Waals surface area contributed by atoms with Crippen molar-refractivity contribution in [3.8, 4) is 0 Å². The Morgan fingerprint density at radius 1 is 1.56 bits per heavy atom. The van der Waals surface area contributed by atoms with Crippen LogP contribution in [0, 0.1) is 0 Å². The summed E-state index contributed by atoms with van der Waals surface area (Å²) in [5.74, 6) is -0.198. The zero-order valence-electron chi connectivity index (χ0n) is 9.53. The van der Waals surface area contributed by atoms with E-state index >= 15 is 0 Å². The number of esters is 1. The highest BCUT2D eigenvalue weighted by Crippen LogP contribution is 2.22. The van der Waals surface area contributed by atoms with Gasteiger partial charge >= 0.3 is 5.97 Å². The molecule has 0 aliphatic rings. The van der Waals surface area contributed by atoms with Gasteiger partial charge in [0.05, 0.1) is 18.0 Å². The van der Waals surface area contributed by atoms with Crippen LogP contribution in [0.1, 0.15) is 18.2 Å². The standard InChI is InChI=1S/C11H16ClNO2S/c1-3-6-13(8-11(14)15-2)7-9-4-5-10(12)16-9/h4-5H,3,6-8H2,1-2H3. The zero-order valence-corrected chi connectivity index (χ0v) is 11.1. The van der Waals surface area contributed by atoms with Gasteiger partial charge in [-0.1, -0.05) is 18.5 Å². The van der Waals surface area contributed by atoms with Gasteiger partial charge < -0.3 is 4.74 Å². The smallest absolute Gasteiger partial charge is 0.319 e. The van der Waals surface area contributed by atoms with Crippen LogP contribution in [0.15, 0.2) is 12.1 Å². The molecule has 1 rings (SSSR count). The Labute approximate surface area is 105 Å². The van der Waals surface area contributed by atoms with E-state index in [1.54, 1.807) is 11.3 Å². The van der Waals surface area contributed by atoms with Crippen molar-refractivity contribution in [2.45, 2.75) is 19.9 Å². The third-order valence-electron chi connectivity index (χ3n) is 2.13. The molecule has 5 heteroatoms. The fourth-order valence-electron chi connectivity index (χ4n) is 1.43. The summed E-state index contributed by atoms with van der Waals surface area (Å²) < 4.78 is 5.45. The lowest BCUT2D eigenvalue weighted by Gasteiger charge is -2.19. The zero-order chi connectivity index (χ0) is 12.0. The minimum atomic E-state index is -0.198. The summed E-state index contributed by atoms with van der Waals surface area (Å²) in [5, 5.41) is 0. The maximum atomic E-state index is 11.2. The van der Waals surface area contributed by atoms with Crippen molar-refractivity contribution in [3.05, 3.63) is 21.3 Å². The second-order valence-corrected chi connectivity index (χ2v) is 5.29. The minimum absolute atomic E-state index is 0.198. The average molecular weight is 262 g/mol. The largest absolute Gasteiger partial charge is 0.468 e. The maximum absolute atomic E-state index is 11.2. The summed E-state index contributed by atoms with van der Waals surface area (Å²) in [7, 11) is 1.41. The number of ether oxygens (including phenoxy) is 1. The van der Waals surface area contributed by atoms with Crippen molar-refractivity contribution < 1.29 is 9.53 Å². The Bertz CT molecular complexity index is 340. The lowest BCUT2D eigenvalue weighted by atomic mass is 10.3. The highest BCUT2D eigenvalue weighted by molar-refractivity contribution is 7.16. The van der Waals surface area contributed by atoms with Crippen molar-refractivity contribution in [3.63, 3.8) is 0 Å². The molecule has 0 amide bonds. The third-order valence-corrected chi connectivity index (χ3v) is 3.34. The number of thiophene rings is 1. The van der Waals surface area contributed by atoms with E-state index < -0.39 is 0 Å². The van der Waals surface area contributed by atoms with Crippen LogP contribution in [0.25, 0.3) is 0 Å². The van der Waals surface area contributed by atoms with E-state index in [9.17, 15) is 4.79 Å². The van der Waals surface area contributed by atoms with Crippen molar-refractivity contribution in [1.82, 2.24) is 4.90 Å². The van der Waals surface area contributed by atoms with Crippen LogP contribution >= 0.6 is 22.9 Å². The van der Waals surface area contributed by atoms with Crippen molar-refractivity contribution in [2.24, 2.45) is 0 Å². The number of methoxy groups -OCH3 is 1. The fourth-order valence-corrected chi connectivity index (χ4v) is 2.56. The SMILES string of the molecule is CCCN(CC(=O)OC)Cc1ccc(Cl)s1. The Morgan fingerprint density at radius 2 is 2.31 bits per heavy atom. The molecule has 0 bridgehead atoms. The summed E-state index contributed by atoms with van der Waals surface area (Å²) in [5.41, 5.74) is 0. The highest BCUT2D eigenvalue weighted by atomic mass is 35.5. The maximum Gasteiger partial charge on any atom is 0.319 e. The molecule has 90 valence electrons. The Hall–Kier alpha value is -0.580. The van der Waals surface area contributed by atoms with Crippen LogP contribution in [0.4, 0.5) is 0 Å². The molecule has 3 nitrogen and oxygen atoms in total. The molecule has 1 heterocycles. The van der Waals surface area contributed by atoms with Gasteiger partial charge in [0.15, 0.2) is 0 Å². The molecule has 0 spiro atoms. The normalized spacial score (nSPS) is 10.8. The van der Waals surface area contributed by atoms with Crippen LogP contribution in [0.5, 0.6) is 0 Å². The summed E-state index contributed by atoms with van der Waals surface area (Å²) in [4.78, 5) is 14.4. The molecule has 0 radical (unpaired) electrons. The van der Waals surface area contributed by atoms with Gasteiger partial charge in [-0.3, -0.25) is 9.69 Å². The van der Waals surface area contributed by atoms with Crippen molar-refractivity contribution in [2.75, 3.05) is 20.2 Å². The Morgan fingerprint density at radius 3 is 2.81 bits per heavy atom. The van der Waals surface area contributed by atoms with E-state index in [0.717, 1.165) is 23.8 Å². The number of hydrogen-bond donors (Lipinski definition) is 0. The number of carbonyl (C=O) groups is 1. The minimum Gasteiger partial charge on any atom is -0.468 e. The molecule has 1 aromatic rings. The van der Waals surface area contributed by atoms with Gasteiger partial charge in [0.2, 0.25) is 0 Å². The van der Waals surface area contributed by atoms with Gasteiger partial charge in [-0.2, -0.15) is 0 Å². The number of halogens is 1. The molecule has 0 N–H and O–H groups in total. The molecule has 0 unspecified atom stereocenters. The first kappa shape index (κ1) is 13.5. The van der Waals surface area contributed by atoms with E-state index in [0.29, 0.717) is 6.54 Å². The molecule has 0 atom stereocenters. The molecular formula is C11H16ClNO2S. The Balaban J connectivity index is 2.53. The third kappa shape index (κ3) is 4.51. The van der Waals surface area contributed by atoms with E-state index in [1.165, 1.54) is 12.0 Å². The van der Waals surface area contributed by atoms with E-state index in [-0.39, 0.29) is 5.97 Å². The second-order valence-electron chi connectivity index (χ2n) is 3.49. The molecule has 0 fully saturated rings. The topological polar surface area (TPSA) is 29.5 Å². The first-order valence-corrected chi connectivity index (χ1v) is 6.38. The van der Waals surface area contributed by atoms with Gasteiger partial charge in [-0.15, -0.1) is 11.3 Å². The molecular weight excluding hydrogens is 246 g/mol. The molecule has 0 aromatic carbocycles. The van der Waals surface area contributed by atoms with Crippen molar-refractivity contribution >= 4 is 28.9 Å². The van der Waals surface area contributed by atoms with E-state index in [4.69, 9.17) is 11.6 Å². The lowest BCUT2D eigenvalue weighted by Crippen LogP contribution is -2.30. The Kier molecular flexibility index (Phi) is 5.80. The van der Waals surface area contributed by atoms with E-state index in [1.807, 2.05) is 12.1 Å². The van der Waals surface area contributed by atoms with E-state index in [2.05, 4.69) is 16.6 Å². The summed E-state index contributed by atoms with van der Waals surface area (Å²) in [6.45, 7) is 4.05. The molecule has 0 saturated carbocycles. The number of hydrogen-bond acceptors (Lipinski definition) is 4. The number of rotatable bonds is 6. The molecule has 0 aliphatic heterocycles. The summed E-state index contributed by atoms with van der Waals surface area (Å²) in [6.07, 6.45) is 1.01. The summed E-state index contributed by atoms with van der Waals surface area (Å²) >= 11 is 7.41. The summed E-state index contributed by atoms with van der Waals surface area (Å²) in [6, 6.07) is 3.87. The quantitative estimate of drug-likeness (QED) is 0.738. The first-order valence-electron chi connectivity index (χ1n) is 5.19. The number of carbonyl (C=O) groups excluding carboxylic acids is 1. The first-order chi connectivity index (χ1) is 7.65. The van der Waals surface area contributed by atoms with Gasteiger partial charge in [0, 0.05) is 11.4 Å². The van der Waals surface area contributed by atoms with Crippen LogP contribution in [0.2, 0.25) is 4.34 Å². The highest BCUT2D eigenvalue weighted by Gasteiger charge is 2.11. The van der Waals surface area contributed by atoms with Crippen LogP contribution < -0.4 is 0 Å². The van der Waals surface area contributed by atoms with Gasteiger partial charge in [0.25, 0.3) is 0 Å². The predicted molar refractivity (Wildman–Crippen MR) is 66.9 cm³/mol. The average Bonchev–Trinajstić information content (AvgIpc) is 2.64. The second kappa shape index (κ2) is 6.89. The van der Waals surface area contributed by atoms with Gasteiger partial charge in [-0.05, 0) is 25.1 Å². The van der Waals surface area contributed by atoms with Crippen LogP contribution in [-0.2, 0) is 16.1 Å². The molecule has 1 aromatic heterocycles. The monoisotopic (exact) mass is 261 g/mol. The molecule has 0 saturated heterocycles. The van der Waals surface area contributed by atoms with Gasteiger partial charge in [-0.25, -0.2) is 0 Å². The lowest BCUT2D eigenvalue weighted by molar-refractivity contribution is -0.142. The van der Waals surface area contributed by atoms with Crippen LogP contribution in [0.3, 0.4) is 0 Å². The van der Waals surface area contributed by atoms with Gasteiger partial charge in [0.1, 0.15) is 0 Å². The molecule has 0 aliphatic carbocycles. The predicted octanol–water partition coefficient (Wildman–Crippen LogP) is 2.79.